The highest BCUT2D eigenvalue weighted by atomic mass is 32.2. The van der Waals surface area contributed by atoms with E-state index >= 15 is 0 Å². The van der Waals surface area contributed by atoms with Crippen LogP contribution in [-0.4, -0.2) is 67.3 Å². The van der Waals surface area contributed by atoms with E-state index in [4.69, 9.17) is 10.5 Å². The maximum atomic E-state index is 12.5. The summed E-state index contributed by atoms with van der Waals surface area (Å²) in [6.45, 7) is 10.4. The van der Waals surface area contributed by atoms with Crippen LogP contribution in [-0.2, 0) is 14.8 Å². The molecule has 2 N–H and O–H groups in total. The average molecular weight is 349 g/mol. The molecular weight excluding hydrogens is 318 g/mol. The fourth-order valence-electron chi connectivity index (χ4n) is 2.39. The third-order valence-corrected chi connectivity index (χ3v) is 5.61. The van der Waals surface area contributed by atoms with Gasteiger partial charge in [0.05, 0.1) is 11.8 Å². The van der Waals surface area contributed by atoms with Gasteiger partial charge in [0, 0.05) is 26.2 Å². The van der Waals surface area contributed by atoms with Crippen LogP contribution in [0.1, 0.15) is 41.0 Å². The summed E-state index contributed by atoms with van der Waals surface area (Å²) >= 11 is 0. The molecular formula is C15H31N3O4S. The first-order valence-corrected chi connectivity index (χ1v) is 9.74. The van der Waals surface area contributed by atoms with Crippen molar-refractivity contribution in [3.63, 3.8) is 0 Å². The van der Waals surface area contributed by atoms with Gasteiger partial charge in [-0.05, 0) is 33.1 Å². The quantitative estimate of drug-likeness (QED) is 0.806. The molecule has 1 aliphatic rings. The third kappa shape index (κ3) is 6.27. The van der Waals surface area contributed by atoms with Gasteiger partial charge in [-0.15, -0.1) is 0 Å². The largest absolute Gasteiger partial charge is 0.444 e. The molecule has 7 nitrogen and oxygen atoms in total. The van der Waals surface area contributed by atoms with Gasteiger partial charge in [-0.3, -0.25) is 0 Å². The van der Waals surface area contributed by atoms with Crippen LogP contribution < -0.4 is 5.73 Å². The van der Waals surface area contributed by atoms with E-state index in [1.807, 2.05) is 13.8 Å². The Morgan fingerprint density at radius 2 is 1.91 bits per heavy atom. The zero-order valence-electron chi connectivity index (χ0n) is 14.9. The number of nitrogens with zero attached hydrogens (tertiary/aromatic N) is 2. The predicted octanol–water partition coefficient (Wildman–Crippen LogP) is 1.24. The minimum atomic E-state index is -3.35. The molecule has 0 aliphatic carbocycles. The third-order valence-electron chi connectivity index (χ3n) is 3.66. The van der Waals surface area contributed by atoms with Crippen molar-refractivity contribution in [3.8, 4) is 0 Å². The second kappa shape index (κ2) is 7.81. The summed E-state index contributed by atoms with van der Waals surface area (Å²) in [6.07, 6.45) is 0.196. The van der Waals surface area contributed by atoms with Gasteiger partial charge < -0.3 is 15.4 Å². The molecule has 0 aromatic carbocycles. The standard InChI is InChI=1S/C15H31N3O4S/c1-12(2)6-9-23(20,21)18-8-7-17(11-13(18)10-16)14(19)22-15(3,4)5/h12-13H,6-11,16H2,1-5H3. The molecule has 1 heterocycles. The number of rotatable bonds is 5. The molecule has 1 unspecified atom stereocenters. The Morgan fingerprint density at radius 3 is 2.39 bits per heavy atom. The number of nitrogens with two attached hydrogens (primary N) is 1. The summed E-state index contributed by atoms with van der Waals surface area (Å²) in [5, 5.41) is 0. The van der Waals surface area contributed by atoms with Crippen LogP contribution in [0.4, 0.5) is 4.79 Å². The van der Waals surface area contributed by atoms with Crippen LogP contribution in [0.15, 0.2) is 0 Å². The molecule has 1 atom stereocenters. The molecule has 1 saturated heterocycles. The average Bonchev–Trinajstić information content (AvgIpc) is 2.42. The Kier molecular flexibility index (Phi) is 6.85. The van der Waals surface area contributed by atoms with Gasteiger partial charge in [-0.2, -0.15) is 4.31 Å². The van der Waals surface area contributed by atoms with Crippen molar-refractivity contribution in [1.82, 2.24) is 9.21 Å². The van der Waals surface area contributed by atoms with Gasteiger partial charge >= 0.3 is 6.09 Å². The minimum absolute atomic E-state index is 0.119. The van der Waals surface area contributed by atoms with Gasteiger partial charge in [0.25, 0.3) is 0 Å². The van der Waals surface area contributed by atoms with Crippen molar-refractivity contribution >= 4 is 16.1 Å². The monoisotopic (exact) mass is 349 g/mol. The van der Waals surface area contributed by atoms with Crippen LogP contribution in [0.3, 0.4) is 0 Å². The summed E-state index contributed by atoms with van der Waals surface area (Å²) in [6, 6.07) is -0.395. The van der Waals surface area contributed by atoms with Crippen molar-refractivity contribution in [3.05, 3.63) is 0 Å². The summed E-state index contributed by atoms with van der Waals surface area (Å²) < 4.78 is 31.8. The Labute approximate surface area is 140 Å². The van der Waals surface area contributed by atoms with Crippen LogP contribution in [0.5, 0.6) is 0 Å². The minimum Gasteiger partial charge on any atom is -0.444 e. The van der Waals surface area contributed by atoms with Gasteiger partial charge in [0.1, 0.15) is 5.60 Å². The summed E-state index contributed by atoms with van der Waals surface area (Å²) in [5.74, 6) is 0.442. The summed E-state index contributed by atoms with van der Waals surface area (Å²) in [4.78, 5) is 13.7. The van der Waals surface area contributed by atoms with E-state index in [2.05, 4.69) is 0 Å². The molecule has 1 amide bonds. The number of piperazine rings is 1. The topological polar surface area (TPSA) is 92.9 Å². The van der Waals surface area contributed by atoms with E-state index in [0.717, 1.165) is 0 Å². The molecule has 1 rings (SSSR count). The number of sulfonamides is 1. The number of amides is 1. The maximum Gasteiger partial charge on any atom is 0.410 e. The number of hydrogen-bond acceptors (Lipinski definition) is 5. The molecule has 1 fully saturated rings. The van der Waals surface area contributed by atoms with E-state index in [1.54, 1.807) is 20.8 Å². The smallest absolute Gasteiger partial charge is 0.410 e. The Balaban J connectivity index is 2.74. The van der Waals surface area contributed by atoms with Crippen molar-refractivity contribution < 1.29 is 17.9 Å². The predicted molar refractivity (Wildman–Crippen MR) is 90.6 cm³/mol. The maximum absolute atomic E-state index is 12.5. The molecule has 136 valence electrons. The van der Waals surface area contributed by atoms with E-state index in [0.29, 0.717) is 18.9 Å². The number of carbonyl (C=O) groups is 1. The first kappa shape index (κ1) is 20.2. The lowest BCUT2D eigenvalue weighted by Crippen LogP contribution is -2.59. The van der Waals surface area contributed by atoms with E-state index in [-0.39, 0.29) is 25.4 Å². The lowest BCUT2D eigenvalue weighted by atomic mass is 10.2. The molecule has 0 radical (unpaired) electrons. The molecule has 8 heteroatoms. The van der Waals surface area contributed by atoms with Crippen molar-refractivity contribution in [2.75, 3.05) is 31.9 Å². The van der Waals surface area contributed by atoms with Crippen LogP contribution in [0.25, 0.3) is 0 Å². The zero-order chi connectivity index (χ0) is 17.8. The molecule has 0 aromatic rings. The second-order valence-corrected chi connectivity index (χ2v) is 9.47. The number of hydrogen-bond donors (Lipinski definition) is 1. The van der Waals surface area contributed by atoms with Crippen LogP contribution in [0, 0.1) is 5.92 Å². The van der Waals surface area contributed by atoms with Gasteiger partial charge in [0.2, 0.25) is 10.0 Å². The SMILES string of the molecule is CC(C)CCS(=O)(=O)N1CCN(C(=O)OC(C)(C)C)CC1CN. The van der Waals surface area contributed by atoms with Crippen LogP contribution >= 0.6 is 0 Å². The van der Waals surface area contributed by atoms with Crippen molar-refractivity contribution in [2.24, 2.45) is 11.7 Å². The van der Waals surface area contributed by atoms with Gasteiger partial charge in [0.15, 0.2) is 0 Å². The van der Waals surface area contributed by atoms with E-state index < -0.39 is 27.8 Å². The number of ether oxygens (including phenoxy) is 1. The van der Waals surface area contributed by atoms with Gasteiger partial charge in [-0.1, -0.05) is 13.8 Å². The molecule has 23 heavy (non-hydrogen) atoms. The highest BCUT2D eigenvalue weighted by molar-refractivity contribution is 7.89. The lowest BCUT2D eigenvalue weighted by molar-refractivity contribution is 0.0138. The molecule has 0 aromatic heterocycles. The molecule has 0 spiro atoms. The van der Waals surface area contributed by atoms with E-state index in [9.17, 15) is 13.2 Å². The lowest BCUT2D eigenvalue weighted by Gasteiger charge is -2.40. The summed E-state index contributed by atoms with van der Waals surface area (Å²) in [5.41, 5.74) is 5.18. The Bertz CT molecular complexity index is 499. The van der Waals surface area contributed by atoms with Crippen molar-refractivity contribution in [1.29, 1.82) is 0 Å². The normalized spacial score (nSPS) is 20.8. The highest BCUT2D eigenvalue weighted by Gasteiger charge is 2.36. The Morgan fingerprint density at radius 1 is 1.30 bits per heavy atom. The zero-order valence-corrected chi connectivity index (χ0v) is 15.7. The summed E-state index contributed by atoms with van der Waals surface area (Å²) in [7, 11) is -3.35. The fraction of sp³-hybridized carbons (Fsp3) is 0.933. The first-order chi connectivity index (χ1) is 10.5. The highest BCUT2D eigenvalue weighted by Crippen LogP contribution is 2.18. The van der Waals surface area contributed by atoms with Gasteiger partial charge in [-0.25, -0.2) is 13.2 Å². The first-order valence-electron chi connectivity index (χ1n) is 8.14. The van der Waals surface area contributed by atoms with E-state index in [1.165, 1.54) is 9.21 Å². The van der Waals surface area contributed by atoms with Crippen LogP contribution in [0.2, 0.25) is 0 Å². The Hall–Kier alpha value is -0.860. The number of carbonyl (C=O) groups excluding carboxylic acids is 1. The van der Waals surface area contributed by atoms with Crippen molar-refractivity contribution in [2.45, 2.75) is 52.7 Å². The molecule has 1 aliphatic heterocycles. The fourth-order valence-corrected chi connectivity index (χ4v) is 4.36. The second-order valence-electron chi connectivity index (χ2n) is 7.43. The molecule has 0 saturated carbocycles. The molecule has 0 bridgehead atoms.